The third-order valence-electron chi connectivity index (χ3n) is 11.6. The Morgan fingerprint density at radius 2 is 1.62 bits per heavy atom. The van der Waals surface area contributed by atoms with Crippen LogP contribution in [0.1, 0.15) is 109 Å². The number of hydrogen-bond acceptors (Lipinski definition) is 5. The number of rotatable bonds is 9. The first-order chi connectivity index (χ1) is 25.6. The SMILES string of the molecule is CCC(C)(CC)C(C)c1cc(-c2[c-]cccc2)ncc1[Si](C)(C)C.Cc1ccc2c(n1)oc1c(-c3nc4ccnc(C)c4n3C(C)C)[c-]cc(C(C)C)c12.[Ir]. The van der Waals surface area contributed by atoms with Crippen molar-refractivity contribution in [2.24, 2.45) is 5.41 Å². The van der Waals surface area contributed by atoms with Crippen LogP contribution in [0.4, 0.5) is 0 Å². The third kappa shape index (κ3) is 8.14. The van der Waals surface area contributed by atoms with E-state index in [1.165, 1.54) is 29.2 Å². The number of hydrogen-bond donors (Lipinski definition) is 0. The fourth-order valence-electron chi connectivity index (χ4n) is 7.72. The summed E-state index contributed by atoms with van der Waals surface area (Å²) in [6.45, 7) is 29.5. The standard InChI is InChI=1S/C25H25N4O.C22H32NSi.Ir/c1-13(2)17-9-10-19(23-21(17)18-8-7-15(5)27-25(18)30-23)24-28-20-11-12-26-16(6)22(20)29(24)14(3)4;1-8-22(4,9-2)17(3)19-15-20(18-13-11-10-12-14-18)23-16-21(19)24(5,6)7;/h7-9,11-14H,1-6H3;10-13,15-17H,8-9H2,1-7H3;/q2*-1;. The quantitative estimate of drug-likeness (QED) is 0.107. The first kappa shape index (κ1) is 42.2. The van der Waals surface area contributed by atoms with Crippen molar-refractivity contribution in [1.82, 2.24) is 24.5 Å². The molecule has 0 N–H and O–H groups in total. The zero-order valence-corrected chi connectivity index (χ0v) is 38.4. The molecule has 2 aromatic carbocycles. The second-order valence-corrected chi connectivity index (χ2v) is 21.9. The zero-order valence-electron chi connectivity index (χ0n) is 35.0. The Bertz CT molecular complexity index is 2420. The van der Waals surface area contributed by atoms with E-state index >= 15 is 0 Å². The summed E-state index contributed by atoms with van der Waals surface area (Å²) in [5.41, 5.74) is 11.4. The number of benzene rings is 2. The summed E-state index contributed by atoms with van der Waals surface area (Å²) in [5.74, 6) is 1.72. The van der Waals surface area contributed by atoms with Crippen LogP contribution in [0.15, 0.2) is 71.4 Å². The molecule has 1 atom stereocenters. The number of nitrogens with zero attached hydrogens (tertiary/aromatic N) is 5. The number of aromatic nitrogens is 5. The van der Waals surface area contributed by atoms with Crippen molar-refractivity contribution in [3.05, 3.63) is 102 Å². The number of fused-ring (bicyclic) bond motifs is 4. The Hall–Kier alpha value is -3.97. The Morgan fingerprint density at radius 1 is 0.891 bits per heavy atom. The van der Waals surface area contributed by atoms with Gasteiger partial charge in [-0.15, -0.1) is 53.6 Å². The summed E-state index contributed by atoms with van der Waals surface area (Å²) in [6, 6.07) is 25.7. The fraction of sp³-hybridized carbons (Fsp3) is 0.404. The Kier molecular flexibility index (Phi) is 12.8. The molecule has 291 valence electrons. The molecule has 7 rings (SSSR count). The van der Waals surface area contributed by atoms with Crippen LogP contribution in [0.3, 0.4) is 0 Å². The van der Waals surface area contributed by atoms with Crippen molar-refractivity contribution < 1.29 is 24.5 Å². The third-order valence-corrected chi connectivity index (χ3v) is 13.6. The average Bonchev–Trinajstić information content (AvgIpc) is 3.73. The van der Waals surface area contributed by atoms with Gasteiger partial charge >= 0.3 is 0 Å². The summed E-state index contributed by atoms with van der Waals surface area (Å²) < 4.78 is 8.60. The van der Waals surface area contributed by atoms with Gasteiger partial charge in [0.2, 0.25) is 5.71 Å². The average molecular weight is 928 g/mol. The van der Waals surface area contributed by atoms with Gasteiger partial charge in [-0.25, -0.2) is 4.98 Å². The van der Waals surface area contributed by atoms with Crippen LogP contribution in [0.25, 0.3) is 55.7 Å². The molecule has 5 aromatic heterocycles. The van der Waals surface area contributed by atoms with Gasteiger partial charge in [0.15, 0.2) is 0 Å². The largest absolute Gasteiger partial charge is 0.486 e. The molecule has 8 heteroatoms. The van der Waals surface area contributed by atoms with Crippen molar-refractivity contribution in [2.75, 3.05) is 0 Å². The predicted octanol–water partition coefficient (Wildman–Crippen LogP) is 12.5. The van der Waals surface area contributed by atoms with Crippen molar-refractivity contribution in [1.29, 1.82) is 0 Å². The zero-order chi connectivity index (χ0) is 39.1. The first-order valence-corrected chi connectivity index (χ1v) is 23.1. The van der Waals surface area contributed by atoms with Gasteiger partial charge in [0.1, 0.15) is 0 Å². The molecule has 0 saturated carbocycles. The minimum Gasteiger partial charge on any atom is -0.486 e. The molecule has 0 amide bonds. The first-order valence-electron chi connectivity index (χ1n) is 19.6. The van der Waals surface area contributed by atoms with Crippen LogP contribution in [0, 0.1) is 31.4 Å². The number of pyridine rings is 3. The fourth-order valence-corrected chi connectivity index (χ4v) is 9.33. The molecular weight excluding hydrogens is 871 g/mol. The van der Waals surface area contributed by atoms with Gasteiger partial charge < -0.3 is 14.0 Å². The Balaban J connectivity index is 0.000000213. The van der Waals surface area contributed by atoms with Crippen LogP contribution < -0.4 is 5.19 Å². The van der Waals surface area contributed by atoms with Gasteiger partial charge in [0.05, 0.1) is 36.2 Å². The molecule has 0 spiro atoms. The molecule has 0 aliphatic rings. The number of imidazole rings is 1. The molecule has 1 unspecified atom stereocenters. The summed E-state index contributed by atoms with van der Waals surface area (Å²) in [7, 11) is -1.44. The molecule has 5 heterocycles. The van der Waals surface area contributed by atoms with Crippen molar-refractivity contribution in [3.63, 3.8) is 0 Å². The molecule has 0 bridgehead atoms. The van der Waals surface area contributed by atoms with Crippen LogP contribution in [0.2, 0.25) is 19.6 Å². The molecule has 6 nitrogen and oxygen atoms in total. The monoisotopic (exact) mass is 928 g/mol. The second-order valence-electron chi connectivity index (χ2n) is 16.8. The smallest absolute Gasteiger partial charge is 0.216 e. The summed E-state index contributed by atoms with van der Waals surface area (Å²) in [5, 5.41) is 3.65. The molecule has 0 fully saturated rings. The van der Waals surface area contributed by atoms with Gasteiger partial charge in [0, 0.05) is 49.6 Å². The van der Waals surface area contributed by atoms with E-state index in [4.69, 9.17) is 14.4 Å². The minimum absolute atomic E-state index is 0. The Morgan fingerprint density at radius 3 is 2.24 bits per heavy atom. The Labute approximate surface area is 343 Å². The number of furan rings is 1. The topological polar surface area (TPSA) is 69.6 Å². The van der Waals surface area contributed by atoms with Crippen molar-refractivity contribution in [3.8, 4) is 22.6 Å². The van der Waals surface area contributed by atoms with Crippen molar-refractivity contribution >= 4 is 46.4 Å². The van der Waals surface area contributed by atoms with E-state index in [1.54, 1.807) is 0 Å². The van der Waals surface area contributed by atoms with E-state index in [-0.39, 0.29) is 26.1 Å². The molecule has 0 saturated heterocycles. The summed E-state index contributed by atoms with van der Waals surface area (Å²) in [4.78, 5) is 18.9. The van der Waals surface area contributed by atoms with E-state index in [9.17, 15) is 0 Å². The molecule has 55 heavy (non-hydrogen) atoms. The van der Waals surface area contributed by atoms with E-state index in [0.717, 1.165) is 61.4 Å². The summed E-state index contributed by atoms with van der Waals surface area (Å²) >= 11 is 0. The summed E-state index contributed by atoms with van der Waals surface area (Å²) in [6.07, 6.45) is 6.37. The van der Waals surface area contributed by atoms with Gasteiger partial charge in [-0.2, -0.15) is 0 Å². The van der Waals surface area contributed by atoms with Gasteiger partial charge in [-0.05, 0) is 68.1 Å². The van der Waals surface area contributed by atoms with E-state index in [1.807, 2.05) is 44.3 Å². The van der Waals surface area contributed by atoms with Crippen LogP contribution >= 0.6 is 0 Å². The molecule has 0 aliphatic carbocycles. The van der Waals surface area contributed by atoms with Gasteiger partial charge in [0.25, 0.3) is 0 Å². The van der Waals surface area contributed by atoms with Crippen molar-refractivity contribution in [2.45, 2.75) is 120 Å². The minimum atomic E-state index is -1.44. The van der Waals surface area contributed by atoms with E-state index in [2.05, 4.69) is 138 Å². The molecule has 7 aromatic rings. The maximum atomic E-state index is 6.36. The number of aryl methyl sites for hydroxylation is 2. The predicted molar refractivity (Wildman–Crippen MR) is 229 cm³/mol. The maximum Gasteiger partial charge on any atom is 0.216 e. The van der Waals surface area contributed by atoms with Crippen LogP contribution in [-0.4, -0.2) is 32.6 Å². The maximum absolute atomic E-state index is 6.36. The van der Waals surface area contributed by atoms with Gasteiger partial charge in [-0.1, -0.05) is 103 Å². The van der Waals surface area contributed by atoms with Crippen LogP contribution in [-0.2, 0) is 20.1 Å². The second kappa shape index (κ2) is 16.6. The molecule has 0 aliphatic heterocycles. The molecule has 1 radical (unpaired) electrons. The molecular formula is C47H57IrN5OSi-2. The van der Waals surface area contributed by atoms with Gasteiger partial charge in [-0.3, -0.25) is 9.97 Å². The normalized spacial score (nSPS) is 12.7. The van der Waals surface area contributed by atoms with E-state index in [0.29, 0.717) is 23.0 Å². The van der Waals surface area contributed by atoms with Crippen LogP contribution in [0.5, 0.6) is 0 Å². The van der Waals surface area contributed by atoms with E-state index < -0.39 is 8.07 Å².